The van der Waals surface area contributed by atoms with Crippen LogP contribution in [0.3, 0.4) is 0 Å². The number of likely N-dealkylation sites (tertiary alicyclic amines) is 1. The van der Waals surface area contributed by atoms with Crippen molar-refractivity contribution in [2.24, 2.45) is 11.7 Å². The van der Waals surface area contributed by atoms with Crippen LogP contribution in [0.5, 0.6) is 0 Å². The Kier molecular flexibility index (Phi) is 8.11. The first-order chi connectivity index (χ1) is 15.3. The second kappa shape index (κ2) is 11.0. The van der Waals surface area contributed by atoms with Crippen molar-refractivity contribution in [2.75, 3.05) is 13.1 Å². The number of nitrogens with one attached hydrogen (secondary N) is 1. The highest BCUT2D eigenvalue weighted by molar-refractivity contribution is 5.94. The molecule has 1 saturated heterocycles. The summed E-state index contributed by atoms with van der Waals surface area (Å²) >= 11 is 0. The maximum atomic E-state index is 12.9. The molecule has 7 nitrogen and oxygen atoms in total. The molecular formula is C25H32N4O3. The van der Waals surface area contributed by atoms with E-state index in [1.54, 1.807) is 11.1 Å². The zero-order valence-corrected chi connectivity index (χ0v) is 18.8. The van der Waals surface area contributed by atoms with E-state index in [2.05, 4.69) is 10.3 Å². The van der Waals surface area contributed by atoms with Crippen molar-refractivity contribution in [3.05, 3.63) is 54.2 Å². The van der Waals surface area contributed by atoms with Gasteiger partial charge in [0.25, 0.3) is 0 Å². The molecule has 2 heterocycles. The Hall–Kier alpha value is -3.06. The van der Waals surface area contributed by atoms with Crippen molar-refractivity contribution >= 4 is 17.6 Å². The maximum absolute atomic E-state index is 12.9. The van der Waals surface area contributed by atoms with Gasteiger partial charge in [0.15, 0.2) is 5.78 Å². The SMILES string of the molecule is CC(C)CC(N)C(=O)N[C@H]1CCCN(C(=O)Cc2cccc(-c3ccccn3)c2)CC1=O. The number of aromatic nitrogens is 1. The summed E-state index contributed by atoms with van der Waals surface area (Å²) in [4.78, 5) is 44.0. The van der Waals surface area contributed by atoms with Crippen LogP contribution >= 0.6 is 0 Å². The number of nitrogens with two attached hydrogens (primary N) is 1. The molecule has 3 rings (SSSR count). The summed E-state index contributed by atoms with van der Waals surface area (Å²) in [6, 6.07) is 12.2. The van der Waals surface area contributed by atoms with Gasteiger partial charge in [-0.15, -0.1) is 0 Å². The molecule has 1 aliphatic rings. The molecular weight excluding hydrogens is 404 g/mol. The molecule has 3 N–H and O–H groups in total. The average molecular weight is 437 g/mol. The summed E-state index contributed by atoms with van der Waals surface area (Å²) in [5.74, 6) is -0.253. The number of carbonyl (C=O) groups excluding carboxylic acids is 3. The molecule has 0 aliphatic carbocycles. The molecule has 0 saturated carbocycles. The van der Waals surface area contributed by atoms with E-state index < -0.39 is 12.1 Å². The largest absolute Gasteiger partial charge is 0.345 e. The van der Waals surface area contributed by atoms with E-state index in [1.165, 1.54) is 0 Å². The Morgan fingerprint density at radius 1 is 1.22 bits per heavy atom. The van der Waals surface area contributed by atoms with Gasteiger partial charge in [-0.2, -0.15) is 0 Å². The highest BCUT2D eigenvalue weighted by Gasteiger charge is 2.29. The molecule has 2 atom stereocenters. The number of nitrogens with zero attached hydrogens (tertiary/aromatic N) is 2. The molecule has 1 aliphatic heterocycles. The zero-order valence-electron chi connectivity index (χ0n) is 18.8. The van der Waals surface area contributed by atoms with Crippen LogP contribution in [0.1, 0.15) is 38.7 Å². The van der Waals surface area contributed by atoms with Gasteiger partial charge in [0, 0.05) is 18.3 Å². The Bertz CT molecular complexity index is 945. The lowest BCUT2D eigenvalue weighted by atomic mass is 10.0. The minimum absolute atomic E-state index is 0.00311. The monoisotopic (exact) mass is 436 g/mol. The molecule has 32 heavy (non-hydrogen) atoms. The van der Waals surface area contributed by atoms with Gasteiger partial charge in [0.05, 0.1) is 30.7 Å². The van der Waals surface area contributed by atoms with E-state index in [9.17, 15) is 14.4 Å². The van der Waals surface area contributed by atoms with Crippen LogP contribution in [0.4, 0.5) is 0 Å². The van der Waals surface area contributed by atoms with Gasteiger partial charge in [-0.3, -0.25) is 19.4 Å². The molecule has 0 radical (unpaired) electrons. The highest BCUT2D eigenvalue weighted by atomic mass is 16.2. The third-order valence-corrected chi connectivity index (χ3v) is 5.63. The second-order valence-corrected chi connectivity index (χ2v) is 8.81. The van der Waals surface area contributed by atoms with Crippen LogP contribution in [0.15, 0.2) is 48.7 Å². The minimum Gasteiger partial charge on any atom is -0.345 e. The topological polar surface area (TPSA) is 105 Å². The third kappa shape index (κ3) is 6.47. The van der Waals surface area contributed by atoms with Gasteiger partial charge < -0.3 is 16.0 Å². The Balaban J connectivity index is 1.59. The fourth-order valence-electron chi connectivity index (χ4n) is 3.94. The fraction of sp³-hybridized carbons (Fsp3) is 0.440. The van der Waals surface area contributed by atoms with Gasteiger partial charge in [-0.25, -0.2) is 0 Å². The van der Waals surface area contributed by atoms with Crippen molar-refractivity contribution in [3.8, 4) is 11.3 Å². The Morgan fingerprint density at radius 2 is 2.03 bits per heavy atom. The summed E-state index contributed by atoms with van der Waals surface area (Å²) in [6.45, 7) is 4.50. The van der Waals surface area contributed by atoms with E-state index in [1.807, 2.05) is 56.3 Å². The predicted molar refractivity (Wildman–Crippen MR) is 124 cm³/mol. The lowest BCUT2D eigenvalue weighted by molar-refractivity contribution is -0.135. The minimum atomic E-state index is -0.629. The number of ketones is 1. The van der Waals surface area contributed by atoms with Crippen molar-refractivity contribution in [3.63, 3.8) is 0 Å². The Morgan fingerprint density at radius 3 is 2.75 bits per heavy atom. The van der Waals surface area contributed by atoms with Crippen LogP contribution in [0, 0.1) is 5.92 Å². The number of hydrogen-bond acceptors (Lipinski definition) is 5. The van der Waals surface area contributed by atoms with Crippen LogP contribution in [0.2, 0.25) is 0 Å². The number of Topliss-reactive ketones (excluding diaryl/α,β-unsaturated/α-hetero) is 1. The number of amides is 2. The summed E-state index contributed by atoms with van der Waals surface area (Å²) in [5.41, 5.74) is 8.61. The van der Waals surface area contributed by atoms with Crippen molar-refractivity contribution in [1.29, 1.82) is 0 Å². The third-order valence-electron chi connectivity index (χ3n) is 5.63. The quantitative estimate of drug-likeness (QED) is 0.693. The van der Waals surface area contributed by atoms with E-state index in [4.69, 9.17) is 5.73 Å². The van der Waals surface area contributed by atoms with Gasteiger partial charge in [0.2, 0.25) is 11.8 Å². The van der Waals surface area contributed by atoms with Gasteiger partial charge in [0.1, 0.15) is 0 Å². The van der Waals surface area contributed by atoms with E-state index in [-0.39, 0.29) is 30.6 Å². The first-order valence-electron chi connectivity index (χ1n) is 11.2. The standard InChI is InChI=1S/C25H32N4O3/c1-17(2)13-20(26)25(32)28-22-10-6-12-29(16-23(22)30)24(31)15-18-7-5-8-19(14-18)21-9-3-4-11-27-21/h3-5,7-9,11,14,17,20,22H,6,10,12-13,15-16,26H2,1-2H3,(H,28,32)/t20?,22-/m0/s1. The number of pyridine rings is 1. The predicted octanol–water partition coefficient (Wildman–Crippen LogP) is 2.34. The number of carbonyl (C=O) groups is 3. The summed E-state index contributed by atoms with van der Waals surface area (Å²) in [5, 5.41) is 2.79. The Labute approximate surface area is 189 Å². The smallest absolute Gasteiger partial charge is 0.237 e. The summed E-state index contributed by atoms with van der Waals surface area (Å²) < 4.78 is 0. The van der Waals surface area contributed by atoms with Gasteiger partial charge >= 0.3 is 0 Å². The molecule has 0 bridgehead atoms. The van der Waals surface area contributed by atoms with Crippen molar-refractivity contribution in [2.45, 2.75) is 51.6 Å². The van der Waals surface area contributed by atoms with Crippen LogP contribution in [-0.4, -0.2) is 52.7 Å². The zero-order chi connectivity index (χ0) is 23.1. The molecule has 170 valence electrons. The molecule has 0 spiro atoms. The molecule has 1 aromatic carbocycles. The van der Waals surface area contributed by atoms with E-state index in [0.29, 0.717) is 31.7 Å². The second-order valence-electron chi connectivity index (χ2n) is 8.81. The highest BCUT2D eigenvalue weighted by Crippen LogP contribution is 2.19. The molecule has 1 aromatic heterocycles. The molecule has 2 amide bonds. The van der Waals surface area contributed by atoms with Gasteiger partial charge in [-0.05, 0) is 48.9 Å². The fourth-order valence-corrected chi connectivity index (χ4v) is 3.94. The number of hydrogen-bond donors (Lipinski definition) is 2. The van der Waals surface area contributed by atoms with E-state index in [0.717, 1.165) is 16.8 Å². The van der Waals surface area contributed by atoms with Crippen molar-refractivity contribution < 1.29 is 14.4 Å². The molecule has 2 aromatic rings. The van der Waals surface area contributed by atoms with Crippen LogP contribution < -0.4 is 11.1 Å². The van der Waals surface area contributed by atoms with Crippen LogP contribution in [0.25, 0.3) is 11.3 Å². The lowest BCUT2D eigenvalue weighted by Gasteiger charge is -2.21. The first-order valence-corrected chi connectivity index (χ1v) is 11.2. The number of rotatable bonds is 7. The molecule has 1 fully saturated rings. The normalized spacial score (nSPS) is 17.7. The summed E-state index contributed by atoms with van der Waals surface area (Å²) in [7, 11) is 0. The number of benzene rings is 1. The van der Waals surface area contributed by atoms with Crippen molar-refractivity contribution in [1.82, 2.24) is 15.2 Å². The summed E-state index contributed by atoms with van der Waals surface area (Å²) in [6.07, 6.45) is 3.67. The maximum Gasteiger partial charge on any atom is 0.237 e. The average Bonchev–Trinajstić information content (AvgIpc) is 2.95. The first kappa shape index (κ1) is 23.6. The van der Waals surface area contributed by atoms with Gasteiger partial charge in [-0.1, -0.05) is 38.1 Å². The molecule has 1 unspecified atom stereocenters. The van der Waals surface area contributed by atoms with Crippen LogP contribution in [-0.2, 0) is 20.8 Å². The molecule has 7 heteroatoms. The lowest BCUT2D eigenvalue weighted by Crippen LogP contribution is -2.50. The van der Waals surface area contributed by atoms with E-state index >= 15 is 0 Å².